The molecule has 0 radical (unpaired) electrons. The quantitative estimate of drug-likeness (QED) is 0.159. The number of nitrogens with one attached hydrogen (secondary N) is 3. The molecular formula is C36H54FN5O8S. The Bertz CT molecular complexity index is 1520. The molecule has 4 fully saturated rings. The number of likely N-dealkylation sites (tertiary alicyclic amines) is 2. The molecule has 3 N–H and O–H groups in total. The van der Waals surface area contributed by atoms with Crippen LogP contribution in [0.1, 0.15) is 91.9 Å². The van der Waals surface area contributed by atoms with Gasteiger partial charge in [0.15, 0.2) is 0 Å². The van der Waals surface area contributed by atoms with Gasteiger partial charge in [0, 0.05) is 37.9 Å². The average Bonchev–Trinajstić information content (AvgIpc) is 3.97. The Balaban J connectivity index is 1.29. The van der Waals surface area contributed by atoms with E-state index in [-0.39, 0.29) is 50.2 Å². The standard InChI is InChI=1S/C36H54FN5O8S/c1-5-6-7-8-9-10-14-29(38-34(46)50-35(2,3)4)32(44)42-21-25(49-23-41-20-24-12-11-13-28(37)27(24)22-41)19-30(42)31(43)39-36(17-18-36)33(45)40-51(47,48)26-15-16-26/h5-6,11-13,24-27,29-30H,7-10,14-23H2,1-4H3,(H,38,46)(H,39,43)(H,40,45). The SMILES string of the molecule is CC=CCCCCCC(NC(=O)OC(C)(C)C)C(=O)N1CC(OCN2CC3C=CC=C(F)C3C2)CC1C(=O)NC1(C(=O)NS(=O)(=O)C2CC2)CC1. The van der Waals surface area contributed by atoms with Crippen LogP contribution in [0.3, 0.4) is 0 Å². The van der Waals surface area contributed by atoms with Gasteiger partial charge in [-0.15, -0.1) is 0 Å². The molecule has 5 rings (SSSR count). The van der Waals surface area contributed by atoms with Crippen LogP contribution in [0.15, 0.2) is 36.2 Å². The second-order valence-corrected chi connectivity index (χ2v) is 17.5. The molecule has 0 spiro atoms. The second-order valence-electron chi connectivity index (χ2n) is 15.6. The first-order chi connectivity index (χ1) is 24.1. The first kappa shape index (κ1) is 38.9. The summed E-state index contributed by atoms with van der Waals surface area (Å²) < 4.78 is 53.3. The number of sulfonamides is 1. The van der Waals surface area contributed by atoms with E-state index in [1.807, 2.05) is 24.0 Å². The molecule has 5 unspecified atom stereocenters. The molecule has 284 valence electrons. The first-order valence-electron chi connectivity index (χ1n) is 18.3. The predicted octanol–water partition coefficient (Wildman–Crippen LogP) is 3.58. The van der Waals surface area contributed by atoms with Gasteiger partial charge in [0.25, 0.3) is 5.91 Å². The number of nitrogens with zero attached hydrogens (tertiary/aromatic N) is 2. The van der Waals surface area contributed by atoms with Gasteiger partial charge in [0.2, 0.25) is 21.8 Å². The molecule has 0 aromatic rings. The summed E-state index contributed by atoms with van der Waals surface area (Å²) >= 11 is 0. The fraction of sp³-hybridized carbons (Fsp3) is 0.722. The number of allylic oxidation sites excluding steroid dienone is 4. The highest BCUT2D eigenvalue weighted by Gasteiger charge is 2.55. The third-order valence-corrected chi connectivity index (χ3v) is 11.9. The summed E-state index contributed by atoms with van der Waals surface area (Å²) in [6.07, 6.45) is 13.1. The van der Waals surface area contributed by atoms with Crippen LogP contribution in [0.25, 0.3) is 0 Å². The van der Waals surface area contributed by atoms with E-state index < -0.39 is 68.4 Å². The van der Waals surface area contributed by atoms with Crippen molar-refractivity contribution in [1.82, 2.24) is 25.2 Å². The van der Waals surface area contributed by atoms with Gasteiger partial charge in [0.1, 0.15) is 29.1 Å². The molecule has 5 atom stereocenters. The lowest BCUT2D eigenvalue weighted by Gasteiger charge is -2.30. The topological polar surface area (TPSA) is 163 Å². The number of hydrogen-bond donors (Lipinski definition) is 3. The zero-order valence-corrected chi connectivity index (χ0v) is 31.0. The van der Waals surface area contributed by atoms with Gasteiger partial charge >= 0.3 is 6.09 Å². The molecule has 2 heterocycles. The molecule has 2 saturated carbocycles. The lowest BCUT2D eigenvalue weighted by Crippen LogP contribution is -2.57. The molecule has 0 aromatic carbocycles. The first-order valence-corrected chi connectivity index (χ1v) is 19.8. The minimum absolute atomic E-state index is 0.0427. The van der Waals surface area contributed by atoms with Gasteiger partial charge < -0.3 is 25.0 Å². The maximum atomic E-state index is 14.4. The monoisotopic (exact) mass is 735 g/mol. The molecule has 0 bridgehead atoms. The zero-order chi connectivity index (χ0) is 37.0. The molecule has 15 heteroatoms. The number of hydrogen-bond acceptors (Lipinski definition) is 9. The molecule has 4 amide bonds. The van der Waals surface area contributed by atoms with Crippen molar-refractivity contribution >= 4 is 33.8 Å². The number of rotatable bonds is 16. The van der Waals surface area contributed by atoms with Crippen LogP contribution < -0.4 is 15.4 Å². The summed E-state index contributed by atoms with van der Waals surface area (Å²) in [5, 5.41) is 4.90. The average molecular weight is 736 g/mol. The molecular weight excluding hydrogens is 681 g/mol. The third kappa shape index (κ3) is 10.4. The van der Waals surface area contributed by atoms with Crippen molar-refractivity contribution in [3.8, 4) is 0 Å². The Labute approximate surface area is 300 Å². The minimum atomic E-state index is -3.82. The summed E-state index contributed by atoms with van der Waals surface area (Å²) in [4.78, 5) is 57.7. The Morgan fingerprint density at radius 3 is 2.49 bits per heavy atom. The van der Waals surface area contributed by atoms with Crippen LogP contribution in [0.2, 0.25) is 0 Å². The van der Waals surface area contributed by atoms with Gasteiger partial charge in [-0.25, -0.2) is 17.6 Å². The maximum Gasteiger partial charge on any atom is 0.408 e. The van der Waals surface area contributed by atoms with E-state index in [9.17, 15) is 32.0 Å². The van der Waals surface area contributed by atoms with Crippen LogP contribution in [0, 0.1) is 11.8 Å². The van der Waals surface area contributed by atoms with Crippen molar-refractivity contribution < 1.29 is 41.5 Å². The van der Waals surface area contributed by atoms with Gasteiger partial charge in [-0.3, -0.25) is 24.0 Å². The highest BCUT2D eigenvalue weighted by molar-refractivity contribution is 7.91. The number of carbonyl (C=O) groups excluding carboxylic acids is 4. The van der Waals surface area contributed by atoms with E-state index >= 15 is 0 Å². The molecule has 51 heavy (non-hydrogen) atoms. The van der Waals surface area contributed by atoms with Crippen LogP contribution in [-0.2, 0) is 33.9 Å². The molecule has 3 aliphatic carbocycles. The van der Waals surface area contributed by atoms with Crippen LogP contribution in [-0.4, -0.2) is 103 Å². The van der Waals surface area contributed by atoms with Gasteiger partial charge in [-0.1, -0.05) is 37.1 Å². The predicted molar refractivity (Wildman–Crippen MR) is 188 cm³/mol. The number of carbonyl (C=O) groups is 4. The van der Waals surface area contributed by atoms with Gasteiger partial charge in [-0.2, -0.15) is 0 Å². The summed E-state index contributed by atoms with van der Waals surface area (Å²) in [5.41, 5.74) is -2.18. The highest BCUT2D eigenvalue weighted by Crippen LogP contribution is 2.38. The van der Waals surface area contributed by atoms with Crippen molar-refractivity contribution in [1.29, 1.82) is 0 Å². The number of fused-ring (bicyclic) bond motifs is 1. The van der Waals surface area contributed by atoms with E-state index in [4.69, 9.17) is 9.47 Å². The van der Waals surface area contributed by atoms with Gasteiger partial charge in [-0.05, 0) is 78.7 Å². The lowest BCUT2D eigenvalue weighted by atomic mass is 9.91. The van der Waals surface area contributed by atoms with E-state index in [1.54, 1.807) is 26.8 Å². The maximum absolute atomic E-state index is 14.4. The van der Waals surface area contributed by atoms with Crippen molar-refractivity contribution in [3.63, 3.8) is 0 Å². The number of amides is 4. The van der Waals surface area contributed by atoms with E-state index in [2.05, 4.69) is 21.4 Å². The smallest absolute Gasteiger partial charge is 0.408 e. The summed E-state index contributed by atoms with van der Waals surface area (Å²) in [7, 11) is -3.82. The van der Waals surface area contributed by atoms with Crippen LogP contribution in [0.5, 0.6) is 0 Å². The minimum Gasteiger partial charge on any atom is -0.444 e. The van der Waals surface area contributed by atoms with Crippen LogP contribution >= 0.6 is 0 Å². The van der Waals surface area contributed by atoms with Crippen molar-refractivity contribution in [2.24, 2.45) is 11.8 Å². The van der Waals surface area contributed by atoms with E-state index in [1.165, 1.54) is 11.0 Å². The molecule has 2 saturated heterocycles. The normalized spacial score (nSPS) is 26.4. The van der Waals surface area contributed by atoms with Crippen LogP contribution in [0.4, 0.5) is 9.18 Å². The number of unbranched alkanes of at least 4 members (excludes halogenated alkanes) is 3. The molecule has 13 nitrogen and oxygen atoms in total. The summed E-state index contributed by atoms with van der Waals surface area (Å²) in [6, 6.07) is -2.03. The van der Waals surface area contributed by atoms with Gasteiger partial charge in [0.05, 0.1) is 18.1 Å². The lowest BCUT2D eigenvalue weighted by molar-refractivity contribution is -0.141. The summed E-state index contributed by atoms with van der Waals surface area (Å²) in [5.74, 6) is -2.21. The summed E-state index contributed by atoms with van der Waals surface area (Å²) in [6.45, 7) is 8.45. The number of halogens is 1. The van der Waals surface area contributed by atoms with E-state index in [0.717, 1.165) is 19.3 Å². The molecule has 0 aromatic heterocycles. The Morgan fingerprint density at radius 1 is 1.10 bits per heavy atom. The molecule has 5 aliphatic rings. The van der Waals surface area contributed by atoms with Crippen molar-refractivity contribution in [3.05, 3.63) is 36.2 Å². The largest absolute Gasteiger partial charge is 0.444 e. The highest BCUT2D eigenvalue weighted by atomic mass is 32.2. The number of ether oxygens (including phenoxy) is 2. The van der Waals surface area contributed by atoms with E-state index in [0.29, 0.717) is 38.8 Å². The fourth-order valence-electron chi connectivity index (χ4n) is 6.94. The van der Waals surface area contributed by atoms with Crippen molar-refractivity contribution in [2.45, 2.75) is 126 Å². The fourth-order valence-corrected chi connectivity index (χ4v) is 8.32. The Kier molecular flexibility index (Phi) is 12.3. The zero-order valence-electron chi connectivity index (χ0n) is 30.2. The Morgan fingerprint density at radius 2 is 1.84 bits per heavy atom. The Hall–Kier alpha value is -3.30. The number of alkyl carbamates (subject to hydrolysis) is 1. The second kappa shape index (κ2) is 16.2. The molecule has 2 aliphatic heterocycles. The van der Waals surface area contributed by atoms with Crippen molar-refractivity contribution in [2.75, 3.05) is 26.4 Å². The third-order valence-electron chi connectivity index (χ3n) is 10.1.